The van der Waals surface area contributed by atoms with Crippen LogP contribution in [0, 0.1) is 0 Å². The van der Waals surface area contributed by atoms with Crippen molar-refractivity contribution < 1.29 is 4.74 Å². The maximum atomic E-state index is 5.66. The number of ether oxygens (including phenoxy) is 1. The van der Waals surface area contributed by atoms with Crippen LogP contribution in [0.1, 0.15) is 19.3 Å². The minimum atomic E-state index is 0.286. The number of nitrogens with one attached hydrogen (secondary N) is 1. The minimum Gasteiger partial charge on any atom is -0.376 e. The SMILES string of the molecule is Brc1cccn2nc(NCC3CCCCO3)nc12. The first-order chi connectivity index (χ1) is 8.83. The van der Waals surface area contributed by atoms with Gasteiger partial charge >= 0.3 is 0 Å². The van der Waals surface area contributed by atoms with E-state index in [4.69, 9.17) is 4.74 Å². The molecule has 1 saturated heterocycles. The van der Waals surface area contributed by atoms with E-state index in [1.165, 1.54) is 12.8 Å². The first-order valence-corrected chi connectivity index (χ1v) is 6.98. The smallest absolute Gasteiger partial charge is 0.243 e. The Morgan fingerprint density at radius 3 is 3.22 bits per heavy atom. The molecular weight excluding hydrogens is 296 g/mol. The molecule has 0 spiro atoms. The summed E-state index contributed by atoms with van der Waals surface area (Å²) < 4.78 is 8.37. The number of rotatable bonds is 3. The fraction of sp³-hybridized carbons (Fsp3) is 0.500. The highest BCUT2D eigenvalue weighted by Crippen LogP contribution is 2.17. The molecule has 3 heterocycles. The maximum absolute atomic E-state index is 5.66. The molecule has 1 atom stereocenters. The van der Waals surface area contributed by atoms with Crippen molar-refractivity contribution >= 4 is 27.5 Å². The van der Waals surface area contributed by atoms with E-state index in [1.54, 1.807) is 4.52 Å². The topological polar surface area (TPSA) is 51.5 Å². The third-order valence-electron chi connectivity index (χ3n) is 3.08. The van der Waals surface area contributed by atoms with E-state index in [9.17, 15) is 0 Å². The zero-order chi connectivity index (χ0) is 12.4. The lowest BCUT2D eigenvalue weighted by Gasteiger charge is -2.22. The molecule has 1 N–H and O–H groups in total. The van der Waals surface area contributed by atoms with Gasteiger partial charge in [-0.25, -0.2) is 4.52 Å². The quantitative estimate of drug-likeness (QED) is 0.946. The molecule has 0 aromatic carbocycles. The molecule has 0 bridgehead atoms. The molecular formula is C12H15BrN4O. The molecule has 1 aliphatic heterocycles. The van der Waals surface area contributed by atoms with Gasteiger partial charge in [0.1, 0.15) is 0 Å². The fourth-order valence-corrected chi connectivity index (χ4v) is 2.54. The molecule has 1 aliphatic rings. The van der Waals surface area contributed by atoms with Gasteiger partial charge in [-0.2, -0.15) is 4.98 Å². The maximum Gasteiger partial charge on any atom is 0.243 e. The van der Waals surface area contributed by atoms with Crippen molar-refractivity contribution in [2.75, 3.05) is 18.5 Å². The van der Waals surface area contributed by atoms with Crippen LogP contribution < -0.4 is 5.32 Å². The molecule has 0 amide bonds. The van der Waals surface area contributed by atoms with Crippen LogP contribution in [0.3, 0.4) is 0 Å². The lowest BCUT2D eigenvalue weighted by atomic mass is 10.1. The van der Waals surface area contributed by atoms with Gasteiger partial charge in [0.15, 0.2) is 5.65 Å². The molecule has 96 valence electrons. The number of nitrogens with zero attached hydrogens (tertiary/aromatic N) is 3. The summed E-state index contributed by atoms with van der Waals surface area (Å²) >= 11 is 3.46. The minimum absolute atomic E-state index is 0.286. The molecule has 5 nitrogen and oxygen atoms in total. The Labute approximate surface area is 114 Å². The first kappa shape index (κ1) is 11.9. The largest absolute Gasteiger partial charge is 0.376 e. The van der Waals surface area contributed by atoms with Crippen LogP contribution in [-0.2, 0) is 4.74 Å². The van der Waals surface area contributed by atoms with Crippen molar-refractivity contribution in [3.63, 3.8) is 0 Å². The Balaban J connectivity index is 1.69. The van der Waals surface area contributed by atoms with Crippen LogP contribution in [0.15, 0.2) is 22.8 Å². The normalized spacial score (nSPS) is 20.2. The second kappa shape index (κ2) is 5.24. The van der Waals surface area contributed by atoms with Crippen LogP contribution in [0.25, 0.3) is 5.65 Å². The van der Waals surface area contributed by atoms with Gasteiger partial charge in [-0.1, -0.05) is 0 Å². The van der Waals surface area contributed by atoms with Crippen LogP contribution in [-0.4, -0.2) is 33.9 Å². The molecule has 1 fully saturated rings. The average Bonchev–Trinajstić information content (AvgIpc) is 2.82. The van der Waals surface area contributed by atoms with E-state index in [2.05, 4.69) is 31.3 Å². The van der Waals surface area contributed by atoms with E-state index in [0.29, 0.717) is 5.95 Å². The highest BCUT2D eigenvalue weighted by Gasteiger charge is 2.14. The Bertz CT molecular complexity index is 536. The van der Waals surface area contributed by atoms with Gasteiger partial charge in [0.2, 0.25) is 5.95 Å². The number of pyridine rings is 1. The van der Waals surface area contributed by atoms with Crippen molar-refractivity contribution in [1.29, 1.82) is 0 Å². The number of fused-ring (bicyclic) bond motifs is 1. The number of aromatic nitrogens is 3. The van der Waals surface area contributed by atoms with Gasteiger partial charge < -0.3 is 10.1 Å². The summed E-state index contributed by atoms with van der Waals surface area (Å²) in [7, 11) is 0. The summed E-state index contributed by atoms with van der Waals surface area (Å²) in [6.45, 7) is 1.64. The molecule has 0 aliphatic carbocycles. The molecule has 0 radical (unpaired) electrons. The standard InChI is InChI=1S/C12H15BrN4O/c13-10-5-3-6-17-11(10)15-12(16-17)14-8-9-4-1-2-7-18-9/h3,5-6,9H,1-2,4,7-8H2,(H,14,16). The molecule has 1 unspecified atom stereocenters. The molecule has 2 aromatic heterocycles. The van der Waals surface area contributed by atoms with Crippen LogP contribution in [0.5, 0.6) is 0 Å². The van der Waals surface area contributed by atoms with Crippen molar-refractivity contribution in [2.24, 2.45) is 0 Å². The highest BCUT2D eigenvalue weighted by atomic mass is 79.9. The third kappa shape index (κ3) is 2.49. The molecule has 0 saturated carbocycles. The fourth-order valence-electron chi connectivity index (χ4n) is 2.12. The van der Waals surface area contributed by atoms with Gasteiger partial charge in [0.25, 0.3) is 0 Å². The van der Waals surface area contributed by atoms with Crippen molar-refractivity contribution in [3.8, 4) is 0 Å². The first-order valence-electron chi connectivity index (χ1n) is 6.19. The number of halogens is 1. The van der Waals surface area contributed by atoms with Gasteiger partial charge in [-0.05, 0) is 47.3 Å². The summed E-state index contributed by atoms with van der Waals surface area (Å²) in [5.41, 5.74) is 0.824. The van der Waals surface area contributed by atoms with E-state index in [0.717, 1.165) is 29.7 Å². The summed E-state index contributed by atoms with van der Waals surface area (Å²) in [5.74, 6) is 0.649. The Morgan fingerprint density at radius 1 is 1.50 bits per heavy atom. The number of hydrogen-bond acceptors (Lipinski definition) is 4. The van der Waals surface area contributed by atoms with Crippen LogP contribution >= 0.6 is 15.9 Å². The van der Waals surface area contributed by atoms with Gasteiger partial charge in [-0.15, -0.1) is 5.10 Å². The zero-order valence-corrected chi connectivity index (χ0v) is 11.6. The van der Waals surface area contributed by atoms with Crippen molar-refractivity contribution in [1.82, 2.24) is 14.6 Å². The summed E-state index contributed by atoms with van der Waals surface area (Å²) in [6.07, 6.45) is 5.71. The summed E-state index contributed by atoms with van der Waals surface area (Å²) in [4.78, 5) is 4.43. The Hall–Kier alpha value is -1.14. The second-order valence-electron chi connectivity index (χ2n) is 4.43. The highest BCUT2D eigenvalue weighted by molar-refractivity contribution is 9.10. The van der Waals surface area contributed by atoms with Crippen LogP contribution in [0.2, 0.25) is 0 Å². The van der Waals surface area contributed by atoms with Gasteiger partial charge in [0.05, 0.1) is 10.6 Å². The summed E-state index contributed by atoms with van der Waals surface area (Å²) in [5, 5.41) is 7.61. The average molecular weight is 311 g/mol. The monoisotopic (exact) mass is 310 g/mol. The van der Waals surface area contributed by atoms with E-state index in [-0.39, 0.29) is 6.10 Å². The molecule has 2 aromatic rings. The Kier molecular flexibility index (Phi) is 3.47. The predicted octanol–water partition coefficient (Wildman–Crippen LogP) is 2.47. The second-order valence-corrected chi connectivity index (χ2v) is 5.28. The lowest BCUT2D eigenvalue weighted by Crippen LogP contribution is -2.27. The number of anilines is 1. The molecule has 3 rings (SSSR count). The summed E-state index contributed by atoms with van der Waals surface area (Å²) in [6, 6.07) is 3.89. The van der Waals surface area contributed by atoms with Crippen molar-refractivity contribution in [3.05, 3.63) is 22.8 Å². The van der Waals surface area contributed by atoms with Gasteiger partial charge in [-0.3, -0.25) is 0 Å². The molecule has 6 heteroatoms. The van der Waals surface area contributed by atoms with E-state index >= 15 is 0 Å². The van der Waals surface area contributed by atoms with E-state index in [1.807, 2.05) is 18.3 Å². The van der Waals surface area contributed by atoms with Crippen LogP contribution in [0.4, 0.5) is 5.95 Å². The third-order valence-corrected chi connectivity index (χ3v) is 3.70. The molecule has 18 heavy (non-hydrogen) atoms. The van der Waals surface area contributed by atoms with E-state index < -0.39 is 0 Å². The predicted molar refractivity (Wildman–Crippen MR) is 72.8 cm³/mol. The van der Waals surface area contributed by atoms with Gasteiger partial charge in [0, 0.05) is 19.3 Å². The zero-order valence-electron chi connectivity index (χ0n) is 9.97. The number of hydrogen-bond donors (Lipinski definition) is 1. The van der Waals surface area contributed by atoms with Crippen molar-refractivity contribution in [2.45, 2.75) is 25.4 Å². The lowest BCUT2D eigenvalue weighted by molar-refractivity contribution is 0.0247. The Morgan fingerprint density at radius 2 is 2.44 bits per heavy atom.